The number of rotatable bonds is 6. The number of hydrogen-bond donors (Lipinski definition) is 3. The van der Waals surface area contributed by atoms with E-state index in [-0.39, 0.29) is 23.5 Å². The number of aliphatic hydroxyl groups excluding tert-OH is 1. The fourth-order valence-corrected chi connectivity index (χ4v) is 2.37. The highest BCUT2D eigenvalue weighted by molar-refractivity contribution is 5.77. The smallest absolute Gasteiger partial charge is 0.221 e. The Bertz CT molecular complexity index is 258. The van der Waals surface area contributed by atoms with E-state index in [0.29, 0.717) is 19.4 Å². The maximum Gasteiger partial charge on any atom is 0.221 e. The summed E-state index contributed by atoms with van der Waals surface area (Å²) in [6.45, 7) is 4.83. The van der Waals surface area contributed by atoms with E-state index in [1.807, 2.05) is 13.8 Å². The first kappa shape index (κ1) is 14.5. The van der Waals surface area contributed by atoms with Crippen LogP contribution in [-0.2, 0) is 4.79 Å². The number of carbonyl (C=O) groups is 1. The van der Waals surface area contributed by atoms with Gasteiger partial charge in [0.05, 0.1) is 0 Å². The summed E-state index contributed by atoms with van der Waals surface area (Å²) < 4.78 is 0. The van der Waals surface area contributed by atoms with Gasteiger partial charge in [0.25, 0.3) is 0 Å². The van der Waals surface area contributed by atoms with Gasteiger partial charge in [-0.25, -0.2) is 0 Å². The second kappa shape index (κ2) is 5.83. The average molecular weight is 242 g/mol. The number of hydrogen-bond acceptors (Lipinski definition) is 3. The predicted octanol–water partition coefficient (Wildman–Crippen LogP) is 1.17. The van der Waals surface area contributed by atoms with Gasteiger partial charge < -0.3 is 16.2 Å². The van der Waals surface area contributed by atoms with Crippen molar-refractivity contribution in [2.75, 3.05) is 13.2 Å². The zero-order chi connectivity index (χ0) is 12.9. The standard InChI is InChI=1S/C13H26N2O2/c1-12(2,7-8-16)10-15-11(17)9-13(14)5-3-4-6-13/h16H,3-10,14H2,1-2H3,(H,15,17). The fourth-order valence-electron chi connectivity index (χ4n) is 2.37. The molecule has 0 aromatic rings. The molecule has 1 aliphatic carbocycles. The Balaban J connectivity index is 2.30. The zero-order valence-corrected chi connectivity index (χ0v) is 11.1. The molecule has 0 aliphatic heterocycles. The van der Waals surface area contributed by atoms with Crippen LogP contribution in [0.2, 0.25) is 0 Å². The van der Waals surface area contributed by atoms with Gasteiger partial charge in [0.1, 0.15) is 0 Å². The number of nitrogens with two attached hydrogens (primary N) is 1. The quantitative estimate of drug-likeness (QED) is 0.654. The third-order valence-electron chi connectivity index (χ3n) is 3.66. The minimum Gasteiger partial charge on any atom is -0.396 e. The molecule has 0 aromatic heterocycles. The second-order valence-electron chi connectivity index (χ2n) is 6.16. The molecule has 4 heteroatoms. The van der Waals surface area contributed by atoms with E-state index in [4.69, 9.17) is 10.8 Å². The number of aliphatic hydroxyl groups is 1. The maximum atomic E-state index is 11.8. The topological polar surface area (TPSA) is 75.3 Å². The van der Waals surface area contributed by atoms with E-state index in [0.717, 1.165) is 25.7 Å². The minimum atomic E-state index is -0.273. The third kappa shape index (κ3) is 5.04. The van der Waals surface area contributed by atoms with Crippen molar-refractivity contribution in [2.45, 2.75) is 57.9 Å². The number of nitrogens with one attached hydrogen (secondary N) is 1. The monoisotopic (exact) mass is 242 g/mol. The molecule has 1 aliphatic rings. The van der Waals surface area contributed by atoms with Gasteiger partial charge >= 0.3 is 0 Å². The molecule has 0 spiro atoms. The van der Waals surface area contributed by atoms with Crippen molar-refractivity contribution in [3.05, 3.63) is 0 Å². The largest absolute Gasteiger partial charge is 0.396 e. The van der Waals surface area contributed by atoms with Gasteiger partial charge in [-0.3, -0.25) is 4.79 Å². The molecule has 1 fully saturated rings. The molecular weight excluding hydrogens is 216 g/mol. The van der Waals surface area contributed by atoms with Crippen molar-refractivity contribution in [1.82, 2.24) is 5.32 Å². The summed E-state index contributed by atoms with van der Waals surface area (Å²) in [5, 5.41) is 11.8. The zero-order valence-electron chi connectivity index (χ0n) is 11.1. The van der Waals surface area contributed by atoms with E-state index >= 15 is 0 Å². The Morgan fingerprint density at radius 1 is 1.41 bits per heavy atom. The van der Waals surface area contributed by atoms with Crippen LogP contribution in [0.3, 0.4) is 0 Å². The van der Waals surface area contributed by atoms with Crippen LogP contribution < -0.4 is 11.1 Å². The molecule has 4 N–H and O–H groups in total. The average Bonchev–Trinajstić information content (AvgIpc) is 2.62. The Morgan fingerprint density at radius 3 is 2.53 bits per heavy atom. The SMILES string of the molecule is CC(C)(CCO)CNC(=O)CC1(N)CCCC1. The lowest BCUT2D eigenvalue weighted by Gasteiger charge is -2.26. The highest BCUT2D eigenvalue weighted by Gasteiger charge is 2.32. The van der Waals surface area contributed by atoms with Crippen molar-refractivity contribution in [1.29, 1.82) is 0 Å². The van der Waals surface area contributed by atoms with Gasteiger partial charge in [-0.15, -0.1) is 0 Å². The molecular formula is C13H26N2O2. The van der Waals surface area contributed by atoms with Crippen molar-refractivity contribution in [3.8, 4) is 0 Å². The van der Waals surface area contributed by atoms with Crippen LogP contribution in [0.25, 0.3) is 0 Å². The van der Waals surface area contributed by atoms with E-state index in [1.54, 1.807) is 0 Å². The summed E-state index contributed by atoms with van der Waals surface area (Å²) in [4.78, 5) is 11.8. The molecule has 1 rings (SSSR count). The normalized spacial score (nSPS) is 19.3. The lowest BCUT2D eigenvalue weighted by molar-refractivity contribution is -0.122. The molecule has 4 nitrogen and oxygen atoms in total. The van der Waals surface area contributed by atoms with Crippen LogP contribution in [0.5, 0.6) is 0 Å². The molecule has 17 heavy (non-hydrogen) atoms. The lowest BCUT2D eigenvalue weighted by Crippen LogP contribution is -2.44. The minimum absolute atomic E-state index is 0.0421. The Hall–Kier alpha value is -0.610. The first-order chi connectivity index (χ1) is 7.87. The van der Waals surface area contributed by atoms with Gasteiger partial charge in [0.15, 0.2) is 0 Å². The second-order valence-corrected chi connectivity index (χ2v) is 6.16. The Labute approximate surface area is 104 Å². The van der Waals surface area contributed by atoms with Gasteiger partial charge in [0, 0.05) is 25.1 Å². The Kier molecular flexibility index (Phi) is 4.95. The third-order valence-corrected chi connectivity index (χ3v) is 3.66. The molecule has 0 saturated heterocycles. The summed E-state index contributed by atoms with van der Waals surface area (Å²) >= 11 is 0. The van der Waals surface area contributed by atoms with Gasteiger partial charge in [-0.1, -0.05) is 26.7 Å². The highest BCUT2D eigenvalue weighted by atomic mass is 16.3. The molecule has 0 aromatic carbocycles. The highest BCUT2D eigenvalue weighted by Crippen LogP contribution is 2.30. The first-order valence-corrected chi connectivity index (χ1v) is 6.53. The predicted molar refractivity (Wildman–Crippen MR) is 68.5 cm³/mol. The van der Waals surface area contributed by atoms with Crippen LogP contribution in [0.4, 0.5) is 0 Å². The summed E-state index contributed by atoms with van der Waals surface area (Å²) in [5.41, 5.74) is 5.83. The van der Waals surface area contributed by atoms with Crippen LogP contribution in [0.15, 0.2) is 0 Å². The van der Waals surface area contributed by atoms with Gasteiger partial charge in [-0.05, 0) is 24.7 Å². The molecule has 0 radical (unpaired) electrons. The van der Waals surface area contributed by atoms with E-state index in [2.05, 4.69) is 5.32 Å². The van der Waals surface area contributed by atoms with Gasteiger partial charge in [0.2, 0.25) is 5.91 Å². The molecule has 0 unspecified atom stereocenters. The lowest BCUT2D eigenvalue weighted by atomic mass is 9.89. The van der Waals surface area contributed by atoms with Crippen molar-refractivity contribution < 1.29 is 9.90 Å². The van der Waals surface area contributed by atoms with Crippen molar-refractivity contribution >= 4 is 5.91 Å². The van der Waals surface area contributed by atoms with Crippen LogP contribution in [0, 0.1) is 5.41 Å². The van der Waals surface area contributed by atoms with E-state index < -0.39 is 0 Å². The molecule has 0 atom stereocenters. The van der Waals surface area contributed by atoms with Crippen molar-refractivity contribution in [3.63, 3.8) is 0 Å². The van der Waals surface area contributed by atoms with Gasteiger partial charge in [-0.2, -0.15) is 0 Å². The molecule has 1 saturated carbocycles. The van der Waals surface area contributed by atoms with Crippen LogP contribution >= 0.6 is 0 Å². The molecule has 0 bridgehead atoms. The first-order valence-electron chi connectivity index (χ1n) is 6.53. The molecule has 100 valence electrons. The molecule has 0 heterocycles. The van der Waals surface area contributed by atoms with E-state index in [1.165, 1.54) is 0 Å². The summed E-state index contributed by atoms with van der Waals surface area (Å²) in [6.07, 6.45) is 5.32. The maximum absolute atomic E-state index is 11.8. The summed E-state index contributed by atoms with van der Waals surface area (Å²) in [7, 11) is 0. The summed E-state index contributed by atoms with van der Waals surface area (Å²) in [6, 6.07) is 0. The van der Waals surface area contributed by atoms with Crippen LogP contribution in [-0.4, -0.2) is 29.7 Å². The number of carbonyl (C=O) groups excluding carboxylic acids is 1. The Morgan fingerprint density at radius 2 is 2.00 bits per heavy atom. The van der Waals surface area contributed by atoms with Crippen LogP contribution in [0.1, 0.15) is 52.4 Å². The molecule has 1 amide bonds. The van der Waals surface area contributed by atoms with Crippen molar-refractivity contribution in [2.24, 2.45) is 11.1 Å². The fraction of sp³-hybridized carbons (Fsp3) is 0.923. The number of amides is 1. The summed E-state index contributed by atoms with van der Waals surface area (Å²) in [5.74, 6) is 0.0421. The van der Waals surface area contributed by atoms with E-state index in [9.17, 15) is 4.79 Å².